The molecule has 0 aromatic heterocycles. The van der Waals surface area contributed by atoms with Crippen LogP contribution >= 0.6 is 0 Å². The Kier molecular flexibility index (Phi) is 3.83. The molecule has 2 nitrogen and oxygen atoms in total. The zero-order valence-corrected chi connectivity index (χ0v) is 10.9. The number of aliphatic hydroxyl groups is 1. The zero-order valence-electron chi connectivity index (χ0n) is 10.9. The molecule has 1 rings (SSSR count). The Balaban J connectivity index is 2.46. The van der Waals surface area contributed by atoms with Crippen LogP contribution in [0, 0.1) is 11.3 Å². The van der Waals surface area contributed by atoms with Crippen LogP contribution in [-0.2, 0) is 0 Å². The van der Waals surface area contributed by atoms with Crippen LogP contribution in [0.4, 0.5) is 0 Å². The van der Waals surface area contributed by atoms with E-state index in [4.69, 9.17) is 0 Å². The topological polar surface area (TPSA) is 23.5 Å². The monoisotopic (exact) mass is 212 g/mol. The largest absolute Gasteiger partial charge is 0.388 e. The standard InChI is InChI=1S/C13H26NO/c1-11(2)8-14-7-6-13(15,10-14)9-12(3,4)5/h15H,6-10H2,1-5H3. The summed E-state index contributed by atoms with van der Waals surface area (Å²) in [6, 6.07) is 0. The van der Waals surface area contributed by atoms with Gasteiger partial charge in [0.25, 0.3) is 0 Å². The molecule has 0 spiro atoms. The van der Waals surface area contributed by atoms with Crippen LogP contribution in [0.5, 0.6) is 0 Å². The second-order valence-electron chi connectivity index (χ2n) is 6.63. The van der Waals surface area contributed by atoms with E-state index in [1.54, 1.807) is 0 Å². The third kappa shape index (κ3) is 4.52. The molecule has 89 valence electrons. The van der Waals surface area contributed by atoms with Gasteiger partial charge in [0, 0.05) is 19.6 Å². The average molecular weight is 212 g/mol. The molecule has 1 aliphatic heterocycles. The summed E-state index contributed by atoms with van der Waals surface area (Å²) in [7, 11) is 0. The van der Waals surface area contributed by atoms with Crippen LogP contribution in [0.2, 0.25) is 0 Å². The summed E-state index contributed by atoms with van der Waals surface area (Å²) in [5.41, 5.74) is -0.233. The minimum Gasteiger partial charge on any atom is -0.388 e. The van der Waals surface area contributed by atoms with Gasteiger partial charge in [0.2, 0.25) is 0 Å². The molecule has 1 fully saturated rings. The van der Waals surface area contributed by atoms with Gasteiger partial charge in [-0.3, -0.25) is 4.90 Å². The van der Waals surface area contributed by atoms with Crippen molar-refractivity contribution in [3.8, 4) is 0 Å². The van der Waals surface area contributed by atoms with Crippen LogP contribution in [0.15, 0.2) is 0 Å². The second kappa shape index (κ2) is 4.42. The van der Waals surface area contributed by atoms with E-state index in [1.165, 1.54) is 5.92 Å². The summed E-state index contributed by atoms with van der Waals surface area (Å²) >= 11 is 0. The predicted molar refractivity (Wildman–Crippen MR) is 64.7 cm³/mol. The molecule has 1 unspecified atom stereocenters. The van der Waals surface area contributed by atoms with Crippen molar-refractivity contribution in [1.82, 2.24) is 4.90 Å². The third-order valence-corrected chi connectivity index (χ3v) is 2.81. The van der Waals surface area contributed by atoms with Crippen molar-refractivity contribution in [3.63, 3.8) is 0 Å². The minimum absolute atomic E-state index is 0.218. The lowest BCUT2D eigenvalue weighted by molar-refractivity contribution is 0.0112. The fraction of sp³-hybridized carbons (Fsp3) is 0.923. The van der Waals surface area contributed by atoms with Gasteiger partial charge in [-0.05, 0) is 24.2 Å². The van der Waals surface area contributed by atoms with E-state index < -0.39 is 5.60 Å². The molecule has 2 heteroatoms. The second-order valence-corrected chi connectivity index (χ2v) is 6.63. The zero-order chi connectivity index (χ0) is 11.7. The first-order valence-electron chi connectivity index (χ1n) is 5.94. The lowest BCUT2D eigenvalue weighted by atomic mass is 9.81. The van der Waals surface area contributed by atoms with Crippen molar-refractivity contribution in [2.45, 2.75) is 53.1 Å². The Morgan fingerprint density at radius 3 is 2.40 bits per heavy atom. The van der Waals surface area contributed by atoms with Crippen LogP contribution < -0.4 is 0 Å². The Labute approximate surface area is 94.7 Å². The fourth-order valence-electron chi connectivity index (χ4n) is 2.65. The molecule has 0 saturated carbocycles. The van der Waals surface area contributed by atoms with Crippen molar-refractivity contribution in [2.24, 2.45) is 5.41 Å². The van der Waals surface area contributed by atoms with E-state index in [1.807, 2.05) is 0 Å². The molecule has 0 amide bonds. The van der Waals surface area contributed by atoms with Gasteiger partial charge in [0.05, 0.1) is 5.60 Å². The van der Waals surface area contributed by atoms with Gasteiger partial charge < -0.3 is 5.11 Å². The van der Waals surface area contributed by atoms with E-state index in [0.29, 0.717) is 0 Å². The molecular formula is C13H26NO. The van der Waals surface area contributed by atoms with E-state index in [9.17, 15) is 5.11 Å². The smallest absolute Gasteiger partial charge is 0.0791 e. The molecule has 1 saturated heterocycles. The summed E-state index contributed by atoms with van der Waals surface area (Å²) in [5.74, 6) is 1.43. The van der Waals surface area contributed by atoms with Crippen molar-refractivity contribution in [2.75, 3.05) is 19.6 Å². The van der Waals surface area contributed by atoms with Gasteiger partial charge in [-0.15, -0.1) is 0 Å². The summed E-state index contributed by atoms with van der Waals surface area (Å²) in [4.78, 5) is 2.36. The van der Waals surface area contributed by atoms with Gasteiger partial charge >= 0.3 is 0 Å². The summed E-state index contributed by atoms with van der Waals surface area (Å²) in [6.07, 6.45) is 1.83. The lowest BCUT2D eigenvalue weighted by Gasteiger charge is -2.31. The SMILES string of the molecule is C[C](C)CN1CCC(O)(CC(C)(C)C)C1. The molecule has 0 aromatic carbocycles. The molecule has 0 bridgehead atoms. The maximum Gasteiger partial charge on any atom is 0.0791 e. The van der Waals surface area contributed by atoms with Crippen molar-refractivity contribution < 1.29 is 5.11 Å². The molecule has 15 heavy (non-hydrogen) atoms. The van der Waals surface area contributed by atoms with Crippen molar-refractivity contribution in [3.05, 3.63) is 5.92 Å². The van der Waals surface area contributed by atoms with Gasteiger partial charge in [-0.1, -0.05) is 34.6 Å². The highest BCUT2D eigenvalue weighted by Crippen LogP contribution is 2.34. The van der Waals surface area contributed by atoms with Gasteiger partial charge in [0.1, 0.15) is 0 Å². The molecular weight excluding hydrogens is 186 g/mol. The highest BCUT2D eigenvalue weighted by atomic mass is 16.3. The number of nitrogens with zero attached hydrogens (tertiary/aromatic N) is 1. The Morgan fingerprint density at radius 2 is 1.93 bits per heavy atom. The highest BCUT2D eigenvalue weighted by Gasteiger charge is 2.38. The first-order valence-corrected chi connectivity index (χ1v) is 5.94. The number of rotatable bonds is 3. The van der Waals surface area contributed by atoms with E-state index in [2.05, 4.69) is 39.5 Å². The maximum atomic E-state index is 10.5. The van der Waals surface area contributed by atoms with Gasteiger partial charge in [0.15, 0.2) is 0 Å². The van der Waals surface area contributed by atoms with E-state index in [0.717, 1.165) is 32.5 Å². The molecule has 1 radical (unpaired) electrons. The third-order valence-electron chi connectivity index (χ3n) is 2.81. The van der Waals surface area contributed by atoms with Crippen molar-refractivity contribution in [1.29, 1.82) is 0 Å². The van der Waals surface area contributed by atoms with Gasteiger partial charge in [-0.25, -0.2) is 0 Å². The van der Waals surface area contributed by atoms with Gasteiger partial charge in [-0.2, -0.15) is 0 Å². The summed E-state index contributed by atoms with van der Waals surface area (Å²) in [5, 5.41) is 10.5. The normalized spacial score (nSPS) is 29.0. The molecule has 1 aliphatic rings. The first kappa shape index (κ1) is 13.0. The fourth-order valence-corrected chi connectivity index (χ4v) is 2.65. The molecule has 1 N–H and O–H groups in total. The number of hydrogen-bond donors (Lipinski definition) is 1. The van der Waals surface area contributed by atoms with Crippen LogP contribution in [-0.4, -0.2) is 35.2 Å². The van der Waals surface area contributed by atoms with Crippen LogP contribution in [0.3, 0.4) is 0 Å². The van der Waals surface area contributed by atoms with E-state index in [-0.39, 0.29) is 5.41 Å². The number of β-amino-alcohol motifs (C(OH)–C–C–N with tert-alkyl or cyclic N) is 1. The van der Waals surface area contributed by atoms with Crippen LogP contribution in [0.25, 0.3) is 0 Å². The Bertz CT molecular complexity index is 207. The molecule has 0 aromatic rings. The molecule has 1 heterocycles. The van der Waals surface area contributed by atoms with E-state index >= 15 is 0 Å². The predicted octanol–water partition coefficient (Wildman–Crippen LogP) is 2.47. The van der Waals surface area contributed by atoms with Crippen molar-refractivity contribution >= 4 is 0 Å². The number of hydrogen-bond acceptors (Lipinski definition) is 2. The quantitative estimate of drug-likeness (QED) is 0.777. The summed E-state index contributed by atoms with van der Waals surface area (Å²) < 4.78 is 0. The first-order chi connectivity index (χ1) is 6.70. The Hall–Kier alpha value is -0.0800. The highest BCUT2D eigenvalue weighted by molar-refractivity contribution is 4.95. The minimum atomic E-state index is -0.451. The molecule has 1 atom stereocenters. The van der Waals surface area contributed by atoms with Crippen LogP contribution in [0.1, 0.15) is 47.5 Å². The molecule has 0 aliphatic carbocycles. The Morgan fingerprint density at radius 1 is 1.33 bits per heavy atom. The lowest BCUT2D eigenvalue weighted by Crippen LogP contribution is -2.37. The maximum absolute atomic E-state index is 10.5. The summed E-state index contributed by atoms with van der Waals surface area (Å²) in [6.45, 7) is 13.8. The number of likely N-dealkylation sites (tertiary alicyclic amines) is 1. The average Bonchev–Trinajstić information content (AvgIpc) is 2.25.